The smallest absolute Gasteiger partial charge is 0.294 e. The average Bonchev–Trinajstić information content (AvgIpc) is 3.10. The van der Waals surface area contributed by atoms with Crippen LogP contribution >= 0.6 is 0 Å². The highest BCUT2D eigenvalue weighted by Crippen LogP contribution is 2.34. The number of fused-ring (bicyclic) bond motifs is 1. The summed E-state index contributed by atoms with van der Waals surface area (Å²) in [6.07, 6.45) is 1.17. The van der Waals surface area contributed by atoms with Crippen LogP contribution in [-0.4, -0.2) is 24.8 Å². The van der Waals surface area contributed by atoms with Crippen LogP contribution < -0.4 is 5.73 Å². The minimum atomic E-state index is -3.27. The van der Waals surface area contributed by atoms with Crippen LogP contribution in [0.3, 0.4) is 0 Å². The molecule has 24 heavy (non-hydrogen) atoms. The van der Waals surface area contributed by atoms with Crippen molar-refractivity contribution >= 4 is 20.8 Å². The van der Waals surface area contributed by atoms with Crippen molar-refractivity contribution in [3.8, 4) is 11.7 Å². The molecular weight excluding hydrogens is 330 g/mol. The van der Waals surface area contributed by atoms with E-state index in [0.29, 0.717) is 22.4 Å². The predicted molar refractivity (Wildman–Crippen MR) is 89.8 cm³/mol. The van der Waals surface area contributed by atoms with Crippen LogP contribution in [0.2, 0.25) is 0 Å². The van der Waals surface area contributed by atoms with E-state index in [1.165, 1.54) is 6.26 Å². The van der Waals surface area contributed by atoms with Crippen molar-refractivity contribution in [3.63, 3.8) is 0 Å². The molecular formula is C16H19N3O4S. The monoisotopic (exact) mass is 349 g/mol. The Kier molecular flexibility index (Phi) is 4.18. The molecule has 0 amide bonds. The minimum Gasteiger partial charge on any atom is -0.451 e. The van der Waals surface area contributed by atoms with Gasteiger partial charge in [-0.2, -0.15) is 4.98 Å². The lowest BCUT2D eigenvalue weighted by molar-refractivity contribution is 0.393. The number of rotatable bonds is 5. The van der Waals surface area contributed by atoms with E-state index in [1.54, 1.807) is 12.1 Å². The molecule has 0 spiro atoms. The first-order valence-electron chi connectivity index (χ1n) is 7.54. The molecule has 128 valence electrons. The fraction of sp³-hybridized carbons (Fsp3) is 0.375. The average molecular weight is 349 g/mol. The summed E-state index contributed by atoms with van der Waals surface area (Å²) in [5.74, 6) is 0.743. The Morgan fingerprint density at radius 1 is 1.25 bits per heavy atom. The first-order chi connectivity index (χ1) is 11.3. The van der Waals surface area contributed by atoms with Gasteiger partial charge in [-0.05, 0) is 12.0 Å². The maximum absolute atomic E-state index is 11.8. The first kappa shape index (κ1) is 16.7. The topological polar surface area (TPSA) is 112 Å². The van der Waals surface area contributed by atoms with E-state index in [2.05, 4.69) is 10.1 Å². The van der Waals surface area contributed by atoms with Gasteiger partial charge in [0, 0.05) is 17.2 Å². The number of nitrogens with two attached hydrogens (primary N) is 1. The fourth-order valence-corrected chi connectivity index (χ4v) is 3.25. The van der Waals surface area contributed by atoms with Crippen LogP contribution in [0.4, 0.5) is 0 Å². The van der Waals surface area contributed by atoms with Gasteiger partial charge in [-0.3, -0.25) is 0 Å². The second kappa shape index (κ2) is 6.03. The molecule has 2 aromatic heterocycles. The summed E-state index contributed by atoms with van der Waals surface area (Å²) in [5.41, 5.74) is 7.12. The highest BCUT2D eigenvalue weighted by atomic mass is 32.2. The molecule has 1 atom stereocenters. The van der Waals surface area contributed by atoms with Gasteiger partial charge in [0.15, 0.2) is 21.4 Å². The minimum absolute atomic E-state index is 0.135. The number of benzene rings is 1. The molecule has 1 aromatic carbocycles. The number of nitrogens with zero attached hydrogens (tertiary/aromatic N) is 2. The number of sulfone groups is 1. The normalized spacial score (nSPS) is 13.7. The van der Waals surface area contributed by atoms with Crippen molar-refractivity contribution in [2.45, 2.75) is 25.6 Å². The first-order valence-corrected chi connectivity index (χ1v) is 9.60. The third-order valence-corrected chi connectivity index (χ3v) is 4.57. The van der Waals surface area contributed by atoms with Crippen LogP contribution in [0.1, 0.15) is 31.3 Å². The summed E-state index contributed by atoms with van der Waals surface area (Å²) in [4.78, 5) is 4.30. The second-order valence-corrected chi connectivity index (χ2v) is 8.34. The number of hydrogen-bond acceptors (Lipinski definition) is 7. The van der Waals surface area contributed by atoms with Crippen molar-refractivity contribution in [2.75, 3.05) is 6.26 Å². The van der Waals surface area contributed by atoms with Gasteiger partial charge in [-0.15, -0.1) is 0 Å². The third-order valence-electron chi connectivity index (χ3n) is 3.76. The Hall–Kier alpha value is -2.19. The highest BCUT2D eigenvalue weighted by molar-refractivity contribution is 7.89. The van der Waals surface area contributed by atoms with Gasteiger partial charge in [0.1, 0.15) is 5.58 Å². The van der Waals surface area contributed by atoms with Gasteiger partial charge in [-0.25, -0.2) is 8.42 Å². The fourth-order valence-electron chi connectivity index (χ4n) is 2.44. The zero-order valence-corrected chi connectivity index (χ0v) is 14.5. The van der Waals surface area contributed by atoms with E-state index >= 15 is 0 Å². The van der Waals surface area contributed by atoms with E-state index in [4.69, 9.17) is 14.7 Å². The molecule has 3 aromatic rings. The van der Waals surface area contributed by atoms with Gasteiger partial charge >= 0.3 is 0 Å². The van der Waals surface area contributed by atoms with Gasteiger partial charge in [0.05, 0.1) is 11.8 Å². The van der Waals surface area contributed by atoms with Crippen molar-refractivity contribution in [1.29, 1.82) is 0 Å². The lowest BCUT2D eigenvalue weighted by atomic mass is 10.1. The molecule has 0 aliphatic heterocycles. The molecule has 0 saturated heterocycles. The quantitative estimate of drug-likeness (QED) is 0.753. The largest absolute Gasteiger partial charge is 0.451 e. The maximum atomic E-state index is 11.8. The molecule has 0 aliphatic rings. The Labute approximate surface area is 139 Å². The molecule has 3 rings (SSSR count). The molecule has 0 saturated carbocycles. The Morgan fingerprint density at radius 2 is 1.96 bits per heavy atom. The molecule has 0 aliphatic carbocycles. The Balaban J connectivity index is 2.14. The number of furan rings is 1. The molecule has 8 heteroatoms. The van der Waals surface area contributed by atoms with Crippen LogP contribution in [0.25, 0.3) is 22.6 Å². The van der Waals surface area contributed by atoms with Crippen molar-refractivity contribution in [2.24, 2.45) is 11.7 Å². The van der Waals surface area contributed by atoms with Crippen LogP contribution in [0.5, 0.6) is 0 Å². The summed E-state index contributed by atoms with van der Waals surface area (Å²) in [5, 5.41) is 4.61. The van der Waals surface area contributed by atoms with Crippen LogP contribution in [0.15, 0.2) is 33.2 Å². The van der Waals surface area contributed by atoms with Gasteiger partial charge in [0.25, 0.3) is 5.89 Å². The SMILES string of the molecule is CC(C)C(N)c1noc(-c2oc3ccccc3c2CS(C)(=O)=O)n1. The number of para-hydroxylation sites is 1. The summed E-state index contributed by atoms with van der Waals surface area (Å²) in [6.45, 7) is 3.91. The van der Waals surface area contributed by atoms with Crippen LogP contribution in [-0.2, 0) is 15.6 Å². The molecule has 0 radical (unpaired) electrons. The summed E-state index contributed by atoms with van der Waals surface area (Å²) in [7, 11) is -3.27. The van der Waals surface area contributed by atoms with E-state index in [0.717, 1.165) is 0 Å². The zero-order valence-electron chi connectivity index (χ0n) is 13.7. The summed E-state index contributed by atoms with van der Waals surface area (Å²) >= 11 is 0. The van der Waals surface area contributed by atoms with E-state index < -0.39 is 9.84 Å². The lowest BCUT2D eigenvalue weighted by Crippen LogP contribution is -2.18. The molecule has 7 nitrogen and oxygen atoms in total. The maximum Gasteiger partial charge on any atom is 0.294 e. The second-order valence-electron chi connectivity index (χ2n) is 6.20. The Morgan fingerprint density at radius 3 is 2.62 bits per heavy atom. The molecule has 0 fully saturated rings. The van der Waals surface area contributed by atoms with Crippen molar-refractivity contribution < 1.29 is 17.4 Å². The standard InChI is InChI=1S/C16H19N3O4S/c1-9(2)13(17)15-18-16(23-19-15)14-11(8-24(3,20)21)10-6-4-5-7-12(10)22-14/h4-7,9,13H,8,17H2,1-3H3. The zero-order chi connectivity index (χ0) is 17.5. The summed E-state index contributed by atoms with van der Waals surface area (Å²) < 4.78 is 34.7. The molecule has 1 unspecified atom stereocenters. The number of aromatic nitrogens is 2. The van der Waals surface area contributed by atoms with E-state index in [1.807, 2.05) is 26.0 Å². The van der Waals surface area contributed by atoms with Crippen molar-refractivity contribution in [1.82, 2.24) is 10.1 Å². The molecule has 0 bridgehead atoms. The van der Waals surface area contributed by atoms with Crippen molar-refractivity contribution in [3.05, 3.63) is 35.7 Å². The molecule has 2 heterocycles. The highest BCUT2D eigenvalue weighted by Gasteiger charge is 2.25. The van der Waals surface area contributed by atoms with Gasteiger partial charge in [0.2, 0.25) is 0 Å². The molecule has 2 N–H and O–H groups in total. The number of hydrogen-bond donors (Lipinski definition) is 1. The van der Waals surface area contributed by atoms with Crippen LogP contribution in [0, 0.1) is 5.92 Å². The van der Waals surface area contributed by atoms with Gasteiger partial charge in [-0.1, -0.05) is 37.2 Å². The van der Waals surface area contributed by atoms with Gasteiger partial charge < -0.3 is 14.7 Å². The Bertz CT molecular complexity index is 972. The third kappa shape index (κ3) is 3.20. The lowest BCUT2D eigenvalue weighted by Gasteiger charge is -2.09. The van der Waals surface area contributed by atoms with E-state index in [9.17, 15) is 8.42 Å². The van der Waals surface area contributed by atoms with E-state index in [-0.39, 0.29) is 29.4 Å². The predicted octanol–water partition coefficient (Wildman–Crippen LogP) is 2.68. The summed E-state index contributed by atoms with van der Waals surface area (Å²) in [6, 6.07) is 6.84.